The molecule has 3 heterocycles. The molecule has 1 aliphatic rings. The van der Waals surface area contributed by atoms with Crippen LogP contribution in [0.1, 0.15) is 16.8 Å². The summed E-state index contributed by atoms with van der Waals surface area (Å²) < 4.78 is 46.2. The summed E-state index contributed by atoms with van der Waals surface area (Å²) in [6.45, 7) is 1.01. The fourth-order valence-corrected chi connectivity index (χ4v) is 3.13. The Kier molecular flexibility index (Phi) is 3.52. The fraction of sp³-hybridized carbons (Fsp3) is 0.312. The quantitative estimate of drug-likeness (QED) is 0.712. The highest BCUT2D eigenvalue weighted by Crippen LogP contribution is 2.33. The van der Waals surface area contributed by atoms with Crippen molar-refractivity contribution in [2.45, 2.75) is 19.1 Å². The Morgan fingerprint density at radius 2 is 2.08 bits per heavy atom. The van der Waals surface area contributed by atoms with Gasteiger partial charge >= 0.3 is 6.18 Å². The highest BCUT2D eigenvalue weighted by atomic mass is 19.4. The van der Waals surface area contributed by atoms with Gasteiger partial charge in [0, 0.05) is 24.7 Å². The van der Waals surface area contributed by atoms with Gasteiger partial charge in [-0.1, -0.05) is 12.1 Å². The van der Waals surface area contributed by atoms with E-state index >= 15 is 0 Å². The van der Waals surface area contributed by atoms with Crippen molar-refractivity contribution in [1.82, 2.24) is 19.6 Å². The molecule has 6 nitrogen and oxygen atoms in total. The SMILES string of the molecule is COc1cccc2c1CCN(c1cc(C(F)(F)F)nc3ncnn13)C2. The average Bonchev–Trinajstić information content (AvgIpc) is 3.07. The van der Waals surface area contributed by atoms with Crippen LogP contribution in [0.2, 0.25) is 0 Å². The summed E-state index contributed by atoms with van der Waals surface area (Å²) in [6.07, 6.45) is -2.68. The first-order valence-electron chi connectivity index (χ1n) is 7.65. The molecule has 0 radical (unpaired) electrons. The minimum absolute atomic E-state index is 0.0683. The molecule has 0 fully saturated rings. The molecule has 0 unspecified atom stereocenters. The summed E-state index contributed by atoms with van der Waals surface area (Å²) in [6, 6.07) is 6.74. The van der Waals surface area contributed by atoms with Gasteiger partial charge in [-0.25, -0.2) is 4.98 Å². The van der Waals surface area contributed by atoms with Crippen LogP contribution in [0.5, 0.6) is 5.75 Å². The van der Waals surface area contributed by atoms with Gasteiger partial charge in [0.05, 0.1) is 7.11 Å². The zero-order valence-corrected chi connectivity index (χ0v) is 13.3. The number of rotatable bonds is 2. The molecule has 1 aromatic carbocycles. The molecule has 0 saturated heterocycles. The highest BCUT2D eigenvalue weighted by molar-refractivity contribution is 5.52. The van der Waals surface area contributed by atoms with E-state index in [1.165, 1.54) is 10.8 Å². The number of benzene rings is 1. The van der Waals surface area contributed by atoms with Crippen molar-refractivity contribution in [3.8, 4) is 5.75 Å². The second kappa shape index (κ2) is 5.61. The maximum absolute atomic E-state index is 13.2. The number of anilines is 1. The molecule has 9 heteroatoms. The van der Waals surface area contributed by atoms with Gasteiger partial charge in [0.25, 0.3) is 5.78 Å². The minimum atomic E-state index is -4.54. The molecule has 25 heavy (non-hydrogen) atoms. The number of ether oxygens (including phenoxy) is 1. The number of nitrogens with zero attached hydrogens (tertiary/aromatic N) is 5. The number of aromatic nitrogens is 4. The van der Waals surface area contributed by atoms with Crippen LogP contribution < -0.4 is 9.64 Å². The first-order chi connectivity index (χ1) is 12.0. The smallest absolute Gasteiger partial charge is 0.433 e. The van der Waals surface area contributed by atoms with Crippen molar-refractivity contribution in [1.29, 1.82) is 0 Å². The molecule has 1 aliphatic heterocycles. The molecule has 0 spiro atoms. The number of halogens is 3. The van der Waals surface area contributed by atoms with Crippen LogP contribution in [-0.4, -0.2) is 33.2 Å². The summed E-state index contributed by atoms with van der Waals surface area (Å²) in [7, 11) is 1.61. The Bertz CT molecular complexity index is 937. The van der Waals surface area contributed by atoms with Crippen LogP contribution in [0.15, 0.2) is 30.6 Å². The standard InChI is InChI=1S/C16H14F3N5O/c1-25-12-4-2-3-10-8-23(6-5-11(10)12)14-7-13(16(17,18)19)22-15-20-9-21-24(14)15/h2-4,7,9H,5-6,8H2,1H3. The lowest BCUT2D eigenvalue weighted by atomic mass is 9.98. The molecule has 0 atom stereocenters. The lowest BCUT2D eigenvalue weighted by Crippen LogP contribution is -2.32. The van der Waals surface area contributed by atoms with Crippen LogP contribution in [0, 0.1) is 0 Å². The molecule has 2 aromatic heterocycles. The number of hydrogen-bond acceptors (Lipinski definition) is 5. The van der Waals surface area contributed by atoms with Gasteiger partial charge in [-0.15, -0.1) is 0 Å². The fourth-order valence-electron chi connectivity index (χ4n) is 3.13. The number of alkyl halides is 3. The van der Waals surface area contributed by atoms with Crippen LogP contribution >= 0.6 is 0 Å². The topological polar surface area (TPSA) is 55.5 Å². The zero-order valence-electron chi connectivity index (χ0n) is 13.3. The van der Waals surface area contributed by atoms with E-state index in [2.05, 4.69) is 15.1 Å². The van der Waals surface area contributed by atoms with Crippen LogP contribution in [0.3, 0.4) is 0 Å². The Morgan fingerprint density at radius 3 is 2.84 bits per heavy atom. The third-order valence-corrected chi connectivity index (χ3v) is 4.29. The Morgan fingerprint density at radius 1 is 1.24 bits per heavy atom. The molecule has 0 aliphatic carbocycles. The van der Waals surface area contributed by atoms with Crippen LogP contribution in [0.25, 0.3) is 5.78 Å². The van der Waals surface area contributed by atoms with Crippen molar-refractivity contribution in [2.24, 2.45) is 0 Å². The summed E-state index contributed by atoms with van der Waals surface area (Å²) in [5.74, 6) is 1.05. The van der Waals surface area contributed by atoms with E-state index < -0.39 is 11.9 Å². The van der Waals surface area contributed by atoms with E-state index in [-0.39, 0.29) is 5.78 Å². The summed E-state index contributed by atoms with van der Waals surface area (Å²) in [5.41, 5.74) is 1.13. The van der Waals surface area contributed by atoms with Crippen LogP contribution in [-0.2, 0) is 19.1 Å². The molecular formula is C16H14F3N5O. The Labute approximate surface area is 140 Å². The first-order valence-corrected chi connectivity index (χ1v) is 7.65. The molecule has 0 amide bonds. The van der Waals surface area contributed by atoms with E-state index in [9.17, 15) is 13.2 Å². The van der Waals surface area contributed by atoms with Crippen molar-refractivity contribution in [3.63, 3.8) is 0 Å². The second-order valence-electron chi connectivity index (χ2n) is 5.74. The van der Waals surface area contributed by atoms with E-state index in [4.69, 9.17) is 4.74 Å². The normalized spacial score (nSPS) is 14.6. The monoisotopic (exact) mass is 349 g/mol. The predicted molar refractivity (Wildman–Crippen MR) is 83.5 cm³/mol. The average molecular weight is 349 g/mol. The molecule has 0 N–H and O–H groups in total. The maximum Gasteiger partial charge on any atom is 0.433 e. The Balaban J connectivity index is 1.79. The molecule has 0 saturated carbocycles. The molecule has 3 aromatic rings. The molecular weight excluding hydrogens is 335 g/mol. The van der Waals surface area contributed by atoms with Gasteiger partial charge in [0.1, 0.15) is 17.9 Å². The van der Waals surface area contributed by atoms with E-state index in [1.54, 1.807) is 7.11 Å². The first kappa shape index (κ1) is 15.7. The maximum atomic E-state index is 13.2. The van der Waals surface area contributed by atoms with Gasteiger partial charge in [-0.2, -0.15) is 27.8 Å². The van der Waals surface area contributed by atoms with Crippen molar-refractivity contribution >= 4 is 11.6 Å². The van der Waals surface area contributed by atoms with E-state index in [0.29, 0.717) is 25.3 Å². The molecule has 0 bridgehead atoms. The predicted octanol–water partition coefficient (Wildman–Crippen LogP) is 2.71. The summed E-state index contributed by atoms with van der Waals surface area (Å²) >= 11 is 0. The van der Waals surface area contributed by atoms with Crippen LogP contribution in [0.4, 0.5) is 19.0 Å². The zero-order chi connectivity index (χ0) is 17.6. The largest absolute Gasteiger partial charge is 0.496 e. The van der Waals surface area contributed by atoms with Crippen molar-refractivity contribution in [2.75, 3.05) is 18.6 Å². The highest BCUT2D eigenvalue weighted by Gasteiger charge is 2.35. The lowest BCUT2D eigenvalue weighted by Gasteiger charge is -2.31. The molecule has 4 rings (SSSR count). The van der Waals surface area contributed by atoms with E-state index in [1.807, 2.05) is 23.1 Å². The van der Waals surface area contributed by atoms with Gasteiger partial charge in [-0.05, 0) is 18.1 Å². The van der Waals surface area contributed by atoms with Gasteiger partial charge in [-0.3, -0.25) is 0 Å². The van der Waals surface area contributed by atoms with Gasteiger partial charge in [0.2, 0.25) is 0 Å². The lowest BCUT2D eigenvalue weighted by molar-refractivity contribution is -0.141. The second-order valence-corrected chi connectivity index (χ2v) is 5.74. The number of hydrogen-bond donors (Lipinski definition) is 0. The summed E-state index contributed by atoms with van der Waals surface area (Å²) in [5, 5.41) is 4.02. The molecule has 130 valence electrons. The van der Waals surface area contributed by atoms with E-state index in [0.717, 1.165) is 22.9 Å². The van der Waals surface area contributed by atoms with Crippen molar-refractivity contribution in [3.05, 3.63) is 47.4 Å². The van der Waals surface area contributed by atoms with Gasteiger partial charge in [0.15, 0.2) is 5.69 Å². The third kappa shape index (κ3) is 2.65. The number of fused-ring (bicyclic) bond motifs is 2. The third-order valence-electron chi connectivity index (χ3n) is 4.29. The van der Waals surface area contributed by atoms with Gasteiger partial charge < -0.3 is 9.64 Å². The minimum Gasteiger partial charge on any atom is -0.496 e. The van der Waals surface area contributed by atoms with Crippen molar-refractivity contribution < 1.29 is 17.9 Å². The Hall–Kier alpha value is -2.84. The number of methoxy groups -OCH3 is 1. The summed E-state index contributed by atoms with van der Waals surface area (Å²) in [4.78, 5) is 9.21.